The third-order valence-electron chi connectivity index (χ3n) is 9.10. The van der Waals surface area contributed by atoms with E-state index in [4.69, 9.17) is 9.98 Å². The van der Waals surface area contributed by atoms with Gasteiger partial charge in [-0.3, -0.25) is 0 Å². The Bertz CT molecular complexity index is 1530. The highest BCUT2D eigenvalue weighted by molar-refractivity contribution is 6.20. The van der Waals surface area contributed by atoms with Gasteiger partial charge in [-0.05, 0) is 120 Å². The highest BCUT2D eigenvalue weighted by atomic mass is 14.8. The molecule has 3 heteroatoms. The smallest absolute Gasteiger partial charge is 0.0693 e. The first-order valence-corrected chi connectivity index (χ1v) is 14.7. The van der Waals surface area contributed by atoms with E-state index in [1.807, 2.05) is 0 Å². The van der Waals surface area contributed by atoms with Crippen LogP contribution in [-0.2, 0) is 12.8 Å². The molecular weight excluding hydrogens is 474 g/mol. The summed E-state index contributed by atoms with van der Waals surface area (Å²) in [6.45, 7) is 15.8. The van der Waals surface area contributed by atoms with E-state index in [2.05, 4.69) is 102 Å². The molecule has 2 aromatic rings. The first-order valence-electron chi connectivity index (χ1n) is 14.7. The molecule has 198 valence electrons. The zero-order valence-corrected chi connectivity index (χ0v) is 24.4. The number of rotatable bonds is 4. The van der Waals surface area contributed by atoms with Crippen LogP contribution >= 0.6 is 0 Å². The predicted octanol–water partition coefficient (Wildman–Crippen LogP) is 9.31. The van der Waals surface area contributed by atoms with Crippen LogP contribution in [0.3, 0.4) is 0 Å². The van der Waals surface area contributed by atoms with E-state index >= 15 is 0 Å². The Morgan fingerprint density at radius 1 is 0.641 bits per heavy atom. The number of aliphatic imine (C=N–C) groups is 2. The quantitative estimate of drug-likeness (QED) is 0.423. The summed E-state index contributed by atoms with van der Waals surface area (Å²) >= 11 is 0. The van der Waals surface area contributed by atoms with Crippen molar-refractivity contribution in [3.8, 4) is 0 Å². The van der Waals surface area contributed by atoms with Crippen molar-refractivity contribution in [1.82, 2.24) is 4.98 Å². The third-order valence-corrected chi connectivity index (χ3v) is 9.10. The zero-order chi connectivity index (χ0) is 27.4. The van der Waals surface area contributed by atoms with Crippen LogP contribution in [0.5, 0.6) is 0 Å². The summed E-state index contributed by atoms with van der Waals surface area (Å²) < 4.78 is 0. The molecule has 0 amide bonds. The number of aromatic nitrogens is 1. The summed E-state index contributed by atoms with van der Waals surface area (Å²) in [4.78, 5) is 14.3. The molecule has 0 radical (unpaired) electrons. The number of fused-ring (bicyclic) bond motifs is 9. The fourth-order valence-corrected chi connectivity index (χ4v) is 6.94. The maximum absolute atomic E-state index is 5.26. The maximum Gasteiger partial charge on any atom is 0.0693 e. The maximum atomic E-state index is 5.26. The van der Waals surface area contributed by atoms with Crippen LogP contribution in [0.2, 0.25) is 0 Å². The fraction of sp³-hybridized carbons (Fsp3) is 0.333. The normalized spacial score (nSPS) is 20.0. The molecule has 1 aromatic heterocycles. The van der Waals surface area contributed by atoms with Gasteiger partial charge in [0.15, 0.2) is 0 Å². The Balaban J connectivity index is 1.69. The van der Waals surface area contributed by atoms with E-state index in [-0.39, 0.29) is 5.92 Å². The summed E-state index contributed by atoms with van der Waals surface area (Å²) in [5.74, 6) is 0.263. The standard InChI is InChI=1S/C36H39N3/c1-8-23-21(6)31-16-29-20(5)30(28-15-13-12-14-27(28)29)17-32-22(7)24(9-2)34(38-32)19-36-26(11-4)25(10-3)35(39-36)18-33(23)37-31/h12-20,39H,8-11H2,1-7H3. The van der Waals surface area contributed by atoms with Crippen molar-refractivity contribution in [1.29, 1.82) is 0 Å². The topological polar surface area (TPSA) is 40.5 Å². The number of nitrogens with zero attached hydrogens (tertiary/aromatic N) is 2. The summed E-state index contributed by atoms with van der Waals surface area (Å²) in [5, 5.41) is 0. The van der Waals surface area contributed by atoms with Crippen molar-refractivity contribution in [2.75, 3.05) is 0 Å². The van der Waals surface area contributed by atoms with Crippen LogP contribution in [-0.4, -0.2) is 16.4 Å². The van der Waals surface area contributed by atoms with Gasteiger partial charge in [0, 0.05) is 17.3 Å². The number of nitrogens with one attached hydrogen (secondary N) is 1. The molecule has 0 spiro atoms. The van der Waals surface area contributed by atoms with Gasteiger partial charge in [-0.15, -0.1) is 0 Å². The molecule has 0 saturated heterocycles. The van der Waals surface area contributed by atoms with Gasteiger partial charge in [0.1, 0.15) is 0 Å². The van der Waals surface area contributed by atoms with E-state index in [0.717, 1.165) is 48.5 Å². The molecular formula is C36H39N3. The molecule has 0 fully saturated rings. The van der Waals surface area contributed by atoms with Crippen LogP contribution in [0.4, 0.5) is 0 Å². The van der Waals surface area contributed by atoms with Gasteiger partial charge in [-0.2, -0.15) is 0 Å². The van der Waals surface area contributed by atoms with Crippen molar-refractivity contribution >= 4 is 34.7 Å². The van der Waals surface area contributed by atoms with Crippen LogP contribution in [0.1, 0.15) is 94.9 Å². The molecule has 4 heterocycles. The van der Waals surface area contributed by atoms with Crippen LogP contribution in [0.15, 0.2) is 80.1 Å². The molecule has 4 aliphatic rings. The van der Waals surface area contributed by atoms with Gasteiger partial charge in [0.25, 0.3) is 0 Å². The van der Waals surface area contributed by atoms with Gasteiger partial charge in [-0.1, -0.05) is 58.9 Å². The van der Waals surface area contributed by atoms with Crippen molar-refractivity contribution in [3.05, 3.63) is 104 Å². The largest absolute Gasteiger partial charge is 0.355 e. The lowest BCUT2D eigenvalue weighted by molar-refractivity contribution is 1.02. The number of benzene rings is 1. The lowest BCUT2D eigenvalue weighted by Gasteiger charge is -2.10. The summed E-state index contributed by atoms with van der Waals surface area (Å²) in [5.41, 5.74) is 20.1. The molecule has 3 aliphatic heterocycles. The molecule has 0 unspecified atom stereocenters. The Morgan fingerprint density at radius 2 is 1.08 bits per heavy atom. The number of hydrogen-bond acceptors (Lipinski definition) is 2. The molecule has 39 heavy (non-hydrogen) atoms. The molecule has 1 aliphatic carbocycles. The van der Waals surface area contributed by atoms with Crippen molar-refractivity contribution in [2.24, 2.45) is 15.9 Å². The Labute approximate surface area is 233 Å². The highest BCUT2D eigenvalue weighted by Crippen LogP contribution is 2.47. The number of hydrogen-bond donors (Lipinski definition) is 1. The van der Waals surface area contributed by atoms with Gasteiger partial charge >= 0.3 is 0 Å². The average Bonchev–Trinajstić information content (AvgIpc) is 3.60. The van der Waals surface area contributed by atoms with E-state index < -0.39 is 0 Å². The molecule has 6 rings (SSSR count). The minimum absolute atomic E-state index is 0.263. The van der Waals surface area contributed by atoms with E-state index in [0.29, 0.717) is 0 Å². The fourth-order valence-electron chi connectivity index (χ4n) is 6.94. The molecule has 0 saturated carbocycles. The van der Waals surface area contributed by atoms with E-state index in [1.54, 1.807) is 0 Å². The second-order valence-electron chi connectivity index (χ2n) is 11.1. The Morgan fingerprint density at radius 3 is 1.46 bits per heavy atom. The van der Waals surface area contributed by atoms with Crippen molar-refractivity contribution in [3.63, 3.8) is 0 Å². The lowest BCUT2D eigenvalue weighted by Crippen LogP contribution is -2.00. The third kappa shape index (κ3) is 3.93. The summed E-state index contributed by atoms with van der Waals surface area (Å²) in [6, 6.07) is 8.84. The lowest BCUT2D eigenvalue weighted by atomic mass is 9.93. The summed E-state index contributed by atoms with van der Waals surface area (Å²) in [7, 11) is 0. The number of allylic oxidation sites excluding steroid dienone is 8. The number of aromatic amines is 1. The minimum Gasteiger partial charge on any atom is -0.355 e. The van der Waals surface area contributed by atoms with Gasteiger partial charge < -0.3 is 4.98 Å². The van der Waals surface area contributed by atoms with Crippen molar-refractivity contribution in [2.45, 2.75) is 74.1 Å². The second-order valence-corrected chi connectivity index (χ2v) is 11.1. The van der Waals surface area contributed by atoms with Crippen LogP contribution in [0, 0.1) is 5.92 Å². The average molecular weight is 514 g/mol. The minimum atomic E-state index is 0.263. The molecule has 1 aromatic carbocycles. The van der Waals surface area contributed by atoms with Gasteiger partial charge in [-0.25, -0.2) is 9.98 Å². The van der Waals surface area contributed by atoms with Gasteiger partial charge in [0.2, 0.25) is 0 Å². The summed E-state index contributed by atoms with van der Waals surface area (Å²) in [6.07, 6.45) is 13.2. The Kier molecular flexibility index (Phi) is 6.41. The monoisotopic (exact) mass is 513 g/mol. The first kappa shape index (κ1) is 25.6. The SMILES string of the molecule is CCC1=C(C)C2=NC1=Cc1[nH]c(c(CC)c1CC)C=C1N=C(C=C3c4ccccc4C(=C2)C3C)C(C)=C1CC. The van der Waals surface area contributed by atoms with Crippen LogP contribution < -0.4 is 0 Å². The Hall–Kier alpha value is -3.72. The molecule has 3 nitrogen and oxygen atoms in total. The number of H-pyrrole nitrogens is 1. The van der Waals surface area contributed by atoms with Crippen LogP contribution in [0.25, 0.3) is 23.3 Å². The first-order chi connectivity index (χ1) is 18.9. The van der Waals surface area contributed by atoms with Crippen molar-refractivity contribution < 1.29 is 0 Å². The van der Waals surface area contributed by atoms with Gasteiger partial charge in [0.05, 0.1) is 22.8 Å². The second kappa shape index (κ2) is 9.79. The van der Waals surface area contributed by atoms with E-state index in [1.165, 1.54) is 67.1 Å². The molecule has 1 N–H and O–H groups in total. The molecule has 8 bridgehead atoms. The predicted molar refractivity (Wildman–Crippen MR) is 168 cm³/mol. The highest BCUT2D eigenvalue weighted by Gasteiger charge is 2.31. The zero-order valence-electron chi connectivity index (χ0n) is 24.4. The molecule has 0 atom stereocenters. The van der Waals surface area contributed by atoms with E-state index in [9.17, 15) is 0 Å².